The number of hydrazone groups is 1. The minimum atomic E-state index is -3.96. The van der Waals surface area contributed by atoms with Crippen molar-refractivity contribution in [1.29, 1.82) is 0 Å². The highest BCUT2D eigenvalue weighted by molar-refractivity contribution is 9.10. The van der Waals surface area contributed by atoms with Gasteiger partial charge in [0.2, 0.25) is 0 Å². The fraction of sp³-hybridized carbons (Fsp3) is 0.200. The number of ether oxygens (including phenoxy) is 1. The molecule has 0 saturated carbocycles. The summed E-state index contributed by atoms with van der Waals surface area (Å²) in [7, 11) is -3.96. The monoisotopic (exact) mass is 543 g/mol. The lowest BCUT2D eigenvalue weighted by molar-refractivity contribution is -0.119. The highest BCUT2D eigenvalue weighted by Gasteiger charge is 2.27. The number of benzene rings is 3. The molecule has 3 rings (SSSR count). The summed E-state index contributed by atoms with van der Waals surface area (Å²) >= 11 is 3.34. The van der Waals surface area contributed by atoms with Crippen molar-refractivity contribution >= 4 is 43.8 Å². The van der Waals surface area contributed by atoms with E-state index in [1.807, 2.05) is 24.3 Å². The van der Waals surface area contributed by atoms with Crippen LogP contribution in [-0.2, 0) is 14.8 Å². The third kappa shape index (κ3) is 7.16. The van der Waals surface area contributed by atoms with Crippen LogP contribution < -0.4 is 14.5 Å². The minimum absolute atomic E-state index is 0.0930. The summed E-state index contributed by atoms with van der Waals surface area (Å²) in [5.74, 6) is 0.198. The maximum atomic E-state index is 13.3. The summed E-state index contributed by atoms with van der Waals surface area (Å²) in [5.41, 5.74) is 3.54. The van der Waals surface area contributed by atoms with Gasteiger partial charge in [-0.25, -0.2) is 13.8 Å². The standard InChI is InChI=1S/C25H26BrN3O4S/c1-2-3-17-33-23-15-9-20(10-16-23)18-27-28-25(30)19-29(22-13-11-21(26)12-14-22)34(31,32)24-7-5-4-6-8-24/h4-16,18H,2-3,17,19H2,1H3,(H,28,30)/b27-18+. The third-order valence-corrected chi connectivity index (χ3v) is 7.10. The Bertz CT molecular complexity index is 1200. The lowest BCUT2D eigenvalue weighted by Crippen LogP contribution is -2.39. The van der Waals surface area contributed by atoms with Crippen molar-refractivity contribution in [2.75, 3.05) is 17.5 Å². The van der Waals surface area contributed by atoms with E-state index in [-0.39, 0.29) is 4.90 Å². The second-order valence-electron chi connectivity index (χ2n) is 7.37. The summed E-state index contributed by atoms with van der Waals surface area (Å²) in [6.45, 7) is 2.34. The molecule has 0 spiro atoms. The predicted octanol–water partition coefficient (Wildman–Crippen LogP) is 4.97. The SMILES string of the molecule is CCCCOc1ccc(/C=N/NC(=O)CN(c2ccc(Br)cc2)S(=O)(=O)c2ccccc2)cc1. The maximum Gasteiger partial charge on any atom is 0.264 e. The largest absolute Gasteiger partial charge is 0.494 e. The fourth-order valence-electron chi connectivity index (χ4n) is 2.97. The van der Waals surface area contributed by atoms with Crippen molar-refractivity contribution in [2.45, 2.75) is 24.7 Å². The molecule has 0 radical (unpaired) electrons. The smallest absolute Gasteiger partial charge is 0.264 e. The molecule has 0 unspecified atom stereocenters. The normalized spacial score (nSPS) is 11.4. The van der Waals surface area contributed by atoms with E-state index in [1.54, 1.807) is 42.5 Å². The molecule has 0 heterocycles. The Morgan fingerprint density at radius 3 is 2.35 bits per heavy atom. The van der Waals surface area contributed by atoms with Gasteiger partial charge in [0.05, 0.1) is 23.4 Å². The minimum Gasteiger partial charge on any atom is -0.494 e. The Morgan fingerprint density at radius 1 is 1.03 bits per heavy atom. The number of rotatable bonds is 11. The highest BCUT2D eigenvalue weighted by atomic mass is 79.9. The number of carbonyl (C=O) groups is 1. The van der Waals surface area contributed by atoms with Gasteiger partial charge in [-0.05, 0) is 72.6 Å². The average molecular weight is 544 g/mol. The Labute approximate surface area is 208 Å². The summed E-state index contributed by atoms with van der Waals surface area (Å²) in [6.07, 6.45) is 3.55. The highest BCUT2D eigenvalue weighted by Crippen LogP contribution is 2.25. The van der Waals surface area contributed by atoms with Gasteiger partial charge >= 0.3 is 0 Å². The van der Waals surface area contributed by atoms with E-state index in [9.17, 15) is 13.2 Å². The second-order valence-corrected chi connectivity index (χ2v) is 10.1. The molecule has 0 bridgehead atoms. The van der Waals surface area contributed by atoms with Crippen LogP contribution in [0.4, 0.5) is 5.69 Å². The number of halogens is 1. The van der Waals surface area contributed by atoms with Crippen LogP contribution in [0.25, 0.3) is 0 Å². The van der Waals surface area contributed by atoms with E-state index in [0.717, 1.165) is 32.9 Å². The van der Waals surface area contributed by atoms with Crippen LogP contribution in [0.2, 0.25) is 0 Å². The molecule has 178 valence electrons. The van der Waals surface area contributed by atoms with E-state index in [2.05, 4.69) is 33.4 Å². The third-order valence-electron chi connectivity index (χ3n) is 4.78. The molecule has 34 heavy (non-hydrogen) atoms. The molecule has 3 aromatic rings. The van der Waals surface area contributed by atoms with Crippen LogP contribution >= 0.6 is 15.9 Å². The van der Waals surface area contributed by atoms with E-state index in [1.165, 1.54) is 18.3 Å². The number of sulfonamides is 1. The van der Waals surface area contributed by atoms with E-state index in [0.29, 0.717) is 12.3 Å². The maximum absolute atomic E-state index is 13.3. The molecular weight excluding hydrogens is 518 g/mol. The Balaban J connectivity index is 1.69. The Hall–Kier alpha value is -3.17. The molecule has 1 N–H and O–H groups in total. The number of nitrogens with zero attached hydrogens (tertiary/aromatic N) is 2. The van der Waals surface area contributed by atoms with Gasteiger partial charge in [-0.2, -0.15) is 5.10 Å². The van der Waals surface area contributed by atoms with Gasteiger partial charge in [0, 0.05) is 4.47 Å². The summed E-state index contributed by atoms with van der Waals surface area (Å²) in [4.78, 5) is 12.7. The van der Waals surface area contributed by atoms with Crippen molar-refractivity contribution < 1.29 is 17.9 Å². The van der Waals surface area contributed by atoms with Crippen LogP contribution in [0.15, 0.2) is 93.3 Å². The molecule has 0 aliphatic rings. The van der Waals surface area contributed by atoms with Gasteiger partial charge < -0.3 is 4.74 Å². The van der Waals surface area contributed by atoms with Gasteiger partial charge in [0.15, 0.2) is 0 Å². The van der Waals surface area contributed by atoms with Crippen LogP contribution in [-0.4, -0.2) is 33.7 Å². The van der Waals surface area contributed by atoms with Crippen molar-refractivity contribution in [3.8, 4) is 5.75 Å². The van der Waals surface area contributed by atoms with Gasteiger partial charge in [-0.15, -0.1) is 0 Å². The Kier molecular flexibility index (Phi) is 9.24. The molecule has 0 aromatic heterocycles. The molecule has 0 atom stereocenters. The summed E-state index contributed by atoms with van der Waals surface area (Å²) in [6, 6.07) is 22.0. The molecule has 0 saturated heterocycles. The first kappa shape index (κ1) is 25.5. The first-order chi connectivity index (χ1) is 16.4. The Morgan fingerprint density at radius 2 is 1.71 bits per heavy atom. The number of hydrogen-bond donors (Lipinski definition) is 1. The topological polar surface area (TPSA) is 88.1 Å². The first-order valence-corrected chi connectivity index (χ1v) is 13.0. The summed E-state index contributed by atoms with van der Waals surface area (Å²) < 4.78 is 34.0. The quantitative estimate of drug-likeness (QED) is 0.210. The van der Waals surface area contributed by atoms with E-state index < -0.39 is 22.5 Å². The molecule has 1 amide bonds. The molecule has 0 fully saturated rings. The zero-order chi connectivity index (χ0) is 24.4. The van der Waals surface area contributed by atoms with Crippen LogP contribution in [0.3, 0.4) is 0 Å². The molecular formula is C25H26BrN3O4S. The predicted molar refractivity (Wildman–Crippen MR) is 138 cm³/mol. The van der Waals surface area contributed by atoms with Crippen molar-refractivity contribution in [3.63, 3.8) is 0 Å². The number of amides is 1. The lowest BCUT2D eigenvalue weighted by Gasteiger charge is -2.23. The second kappa shape index (κ2) is 12.3. The van der Waals surface area contributed by atoms with Gasteiger partial charge in [0.25, 0.3) is 15.9 Å². The average Bonchev–Trinajstić information content (AvgIpc) is 2.85. The van der Waals surface area contributed by atoms with E-state index >= 15 is 0 Å². The number of hydrogen-bond acceptors (Lipinski definition) is 5. The molecule has 7 nitrogen and oxygen atoms in total. The van der Waals surface area contributed by atoms with E-state index in [4.69, 9.17) is 4.74 Å². The fourth-order valence-corrected chi connectivity index (χ4v) is 4.68. The number of nitrogens with one attached hydrogen (secondary N) is 1. The number of anilines is 1. The zero-order valence-electron chi connectivity index (χ0n) is 18.7. The van der Waals surface area contributed by atoms with Gasteiger partial charge in [0.1, 0.15) is 12.3 Å². The number of unbranched alkanes of at least 4 members (excludes halogenated alkanes) is 1. The van der Waals surface area contributed by atoms with Crippen LogP contribution in [0.5, 0.6) is 5.75 Å². The van der Waals surface area contributed by atoms with Crippen LogP contribution in [0.1, 0.15) is 25.3 Å². The van der Waals surface area contributed by atoms with Crippen molar-refractivity contribution in [3.05, 3.63) is 88.9 Å². The summed E-state index contributed by atoms with van der Waals surface area (Å²) in [5, 5.41) is 3.97. The first-order valence-electron chi connectivity index (χ1n) is 10.8. The van der Waals surface area contributed by atoms with Crippen LogP contribution in [0, 0.1) is 0 Å². The zero-order valence-corrected chi connectivity index (χ0v) is 21.1. The number of carbonyl (C=O) groups excluding carboxylic acids is 1. The molecule has 9 heteroatoms. The van der Waals surface area contributed by atoms with Crippen molar-refractivity contribution in [2.24, 2.45) is 5.10 Å². The molecule has 3 aromatic carbocycles. The van der Waals surface area contributed by atoms with Gasteiger partial charge in [-0.3, -0.25) is 9.10 Å². The lowest BCUT2D eigenvalue weighted by atomic mass is 10.2. The molecule has 0 aliphatic heterocycles. The van der Waals surface area contributed by atoms with Crippen molar-refractivity contribution in [1.82, 2.24) is 5.43 Å². The van der Waals surface area contributed by atoms with Gasteiger partial charge in [-0.1, -0.05) is 47.5 Å². The molecule has 0 aliphatic carbocycles.